The van der Waals surface area contributed by atoms with Crippen LogP contribution in [0.1, 0.15) is 24.2 Å². The molecule has 0 aliphatic carbocycles. The van der Waals surface area contributed by atoms with Crippen LogP contribution < -0.4 is 5.43 Å². The van der Waals surface area contributed by atoms with Crippen molar-refractivity contribution in [3.05, 3.63) is 45.0 Å². The van der Waals surface area contributed by atoms with Crippen LogP contribution in [0.4, 0.5) is 4.39 Å². The molecule has 1 heterocycles. The van der Waals surface area contributed by atoms with E-state index in [1.54, 1.807) is 13.8 Å². The molecule has 0 amide bonds. The van der Waals surface area contributed by atoms with Crippen LogP contribution >= 0.6 is 11.6 Å². The fourth-order valence-electron chi connectivity index (χ4n) is 2.06. The summed E-state index contributed by atoms with van der Waals surface area (Å²) >= 11 is 5.78. The van der Waals surface area contributed by atoms with Gasteiger partial charge in [-0.25, -0.2) is 9.18 Å². The fraction of sp³-hybridized carbons (Fsp3) is 0.286. The molecule has 2 rings (SSSR count). The molecule has 0 unspecified atom stereocenters. The summed E-state index contributed by atoms with van der Waals surface area (Å²) in [7, 11) is 0. The average Bonchev–Trinajstić information content (AvgIpc) is 2.39. The minimum absolute atomic E-state index is 0.0717. The number of aromatic nitrogens is 1. The van der Waals surface area contributed by atoms with E-state index < -0.39 is 17.2 Å². The summed E-state index contributed by atoms with van der Waals surface area (Å²) in [6, 6.07) is 2.50. The molecular formula is C14H13ClFNO3. The van der Waals surface area contributed by atoms with E-state index in [-0.39, 0.29) is 28.1 Å². The van der Waals surface area contributed by atoms with Crippen LogP contribution in [0.3, 0.4) is 0 Å². The van der Waals surface area contributed by atoms with Crippen LogP contribution in [0.2, 0.25) is 5.02 Å². The first-order valence-corrected chi connectivity index (χ1v) is 6.56. The summed E-state index contributed by atoms with van der Waals surface area (Å²) in [4.78, 5) is 24.1. The van der Waals surface area contributed by atoms with E-state index in [0.717, 1.165) is 6.07 Å². The van der Waals surface area contributed by atoms with Crippen molar-refractivity contribution >= 4 is 28.5 Å². The quantitative estimate of drug-likeness (QED) is 0.818. The van der Waals surface area contributed by atoms with Crippen molar-refractivity contribution in [3.63, 3.8) is 0 Å². The van der Waals surface area contributed by atoms with E-state index in [4.69, 9.17) is 16.3 Å². The zero-order valence-corrected chi connectivity index (χ0v) is 11.8. The number of rotatable bonds is 3. The third-order valence-electron chi connectivity index (χ3n) is 2.93. The van der Waals surface area contributed by atoms with Crippen LogP contribution in [-0.4, -0.2) is 17.1 Å². The highest BCUT2D eigenvalue weighted by molar-refractivity contribution is 6.31. The molecule has 106 valence electrons. The smallest absolute Gasteiger partial charge is 0.343 e. The Bertz CT molecular complexity index is 739. The normalized spacial score (nSPS) is 10.8. The Hall–Kier alpha value is -1.88. The number of aryl methyl sites for hydroxylation is 1. The molecule has 20 heavy (non-hydrogen) atoms. The summed E-state index contributed by atoms with van der Waals surface area (Å²) < 4.78 is 20.3. The Labute approximate surface area is 119 Å². The highest BCUT2D eigenvalue weighted by Gasteiger charge is 2.18. The second-order valence-corrected chi connectivity index (χ2v) is 4.60. The molecule has 0 N–H and O–H groups in total. The van der Waals surface area contributed by atoms with Gasteiger partial charge in [0.25, 0.3) is 0 Å². The third-order valence-corrected chi connectivity index (χ3v) is 3.14. The van der Waals surface area contributed by atoms with Crippen LogP contribution in [0.5, 0.6) is 0 Å². The summed E-state index contributed by atoms with van der Waals surface area (Å²) in [5.41, 5.74) is -0.567. The summed E-state index contributed by atoms with van der Waals surface area (Å²) in [6.45, 7) is 3.99. The van der Waals surface area contributed by atoms with Gasteiger partial charge in [-0.15, -0.1) is 0 Å². The van der Waals surface area contributed by atoms with Gasteiger partial charge < -0.3 is 9.30 Å². The van der Waals surface area contributed by atoms with Crippen LogP contribution in [0.25, 0.3) is 10.9 Å². The Morgan fingerprint density at radius 2 is 2.10 bits per heavy atom. The maximum atomic E-state index is 14.0. The van der Waals surface area contributed by atoms with Crippen molar-refractivity contribution in [2.75, 3.05) is 6.61 Å². The molecule has 4 nitrogen and oxygen atoms in total. The largest absolute Gasteiger partial charge is 0.462 e. The molecule has 0 atom stereocenters. The second kappa shape index (κ2) is 5.63. The lowest BCUT2D eigenvalue weighted by Gasteiger charge is -2.12. The van der Waals surface area contributed by atoms with Crippen molar-refractivity contribution in [1.29, 1.82) is 0 Å². The molecular weight excluding hydrogens is 285 g/mol. The standard InChI is InChI=1S/C14H13ClFNO3/c1-3-17-7-10(14(19)20-4-2)13(18)9-5-8(15)6-11(16)12(9)17/h5-7H,3-4H2,1-2H3. The SMILES string of the molecule is CCOC(=O)c1cn(CC)c2c(F)cc(Cl)cc2c1=O. The minimum atomic E-state index is -0.720. The Morgan fingerprint density at radius 1 is 1.40 bits per heavy atom. The number of ether oxygens (including phenoxy) is 1. The molecule has 0 aliphatic heterocycles. The first kappa shape index (κ1) is 14.5. The lowest BCUT2D eigenvalue weighted by atomic mass is 10.1. The maximum Gasteiger partial charge on any atom is 0.343 e. The summed E-state index contributed by atoms with van der Waals surface area (Å²) in [5, 5.41) is 0.179. The Balaban J connectivity index is 2.85. The zero-order chi connectivity index (χ0) is 14.9. The molecule has 0 saturated carbocycles. The van der Waals surface area contributed by atoms with Crippen LogP contribution in [0.15, 0.2) is 23.1 Å². The molecule has 0 spiro atoms. The lowest BCUT2D eigenvalue weighted by molar-refractivity contribution is 0.0524. The number of halogens is 2. The monoisotopic (exact) mass is 297 g/mol. The van der Waals surface area contributed by atoms with Gasteiger partial charge in [-0.2, -0.15) is 0 Å². The number of esters is 1. The number of benzene rings is 1. The van der Waals surface area contributed by atoms with Gasteiger partial charge in [-0.05, 0) is 26.0 Å². The summed E-state index contributed by atoms with van der Waals surface area (Å²) in [6.07, 6.45) is 1.32. The van der Waals surface area contributed by atoms with Crippen molar-refractivity contribution in [2.24, 2.45) is 0 Å². The molecule has 6 heteroatoms. The van der Waals surface area contributed by atoms with E-state index in [0.29, 0.717) is 6.54 Å². The molecule has 0 radical (unpaired) electrons. The van der Waals surface area contributed by atoms with Crippen LogP contribution in [-0.2, 0) is 11.3 Å². The van der Waals surface area contributed by atoms with Crippen molar-refractivity contribution in [2.45, 2.75) is 20.4 Å². The van der Waals surface area contributed by atoms with E-state index in [1.807, 2.05) is 0 Å². The highest BCUT2D eigenvalue weighted by Crippen LogP contribution is 2.21. The first-order valence-electron chi connectivity index (χ1n) is 6.18. The number of hydrogen-bond donors (Lipinski definition) is 0. The van der Waals surface area contributed by atoms with Crippen molar-refractivity contribution in [1.82, 2.24) is 4.57 Å². The van der Waals surface area contributed by atoms with E-state index in [1.165, 1.54) is 16.8 Å². The predicted octanol–water partition coefficient (Wildman–Crippen LogP) is 2.99. The third kappa shape index (κ3) is 2.41. The van der Waals surface area contributed by atoms with E-state index in [9.17, 15) is 14.0 Å². The fourth-order valence-corrected chi connectivity index (χ4v) is 2.26. The van der Waals surface area contributed by atoms with Crippen LogP contribution in [0, 0.1) is 5.82 Å². The molecule has 2 aromatic rings. The Morgan fingerprint density at radius 3 is 2.70 bits per heavy atom. The molecule has 0 aliphatic rings. The first-order chi connectivity index (χ1) is 9.49. The van der Waals surface area contributed by atoms with E-state index in [2.05, 4.69) is 0 Å². The van der Waals surface area contributed by atoms with Gasteiger partial charge in [0.15, 0.2) is 0 Å². The lowest BCUT2D eigenvalue weighted by Crippen LogP contribution is -2.21. The van der Waals surface area contributed by atoms with Gasteiger partial charge in [-0.3, -0.25) is 4.79 Å². The molecule has 0 fully saturated rings. The zero-order valence-electron chi connectivity index (χ0n) is 11.1. The van der Waals surface area contributed by atoms with E-state index >= 15 is 0 Å². The molecule has 0 bridgehead atoms. The predicted molar refractivity (Wildman–Crippen MR) is 74.8 cm³/mol. The van der Waals surface area contributed by atoms with Gasteiger partial charge in [-0.1, -0.05) is 11.6 Å². The number of carbonyl (C=O) groups is 1. The Kier molecular flexibility index (Phi) is 4.09. The highest BCUT2D eigenvalue weighted by atomic mass is 35.5. The molecule has 1 aromatic carbocycles. The number of carbonyl (C=O) groups excluding carboxylic acids is 1. The number of fused-ring (bicyclic) bond motifs is 1. The number of hydrogen-bond acceptors (Lipinski definition) is 3. The van der Waals surface area contributed by atoms with Gasteiger partial charge in [0.05, 0.1) is 17.5 Å². The van der Waals surface area contributed by atoms with Crippen molar-refractivity contribution < 1.29 is 13.9 Å². The minimum Gasteiger partial charge on any atom is -0.462 e. The molecule has 1 aromatic heterocycles. The number of nitrogens with zero attached hydrogens (tertiary/aromatic N) is 1. The molecule has 0 saturated heterocycles. The topological polar surface area (TPSA) is 48.3 Å². The van der Waals surface area contributed by atoms with Gasteiger partial charge in [0.1, 0.15) is 11.4 Å². The van der Waals surface area contributed by atoms with Gasteiger partial charge >= 0.3 is 5.97 Å². The van der Waals surface area contributed by atoms with Gasteiger partial charge in [0, 0.05) is 17.8 Å². The van der Waals surface area contributed by atoms with Crippen molar-refractivity contribution in [3.8, 4) is 0 Å². The summed E-state index contributed by atoms with van der Waals surface area (Å²) in [5.74, 6) is -1.32. The number of pyridine rings is 1. The maximum absolute atomic E-state index is 14.0. The second-order valence-electron chi connectivity index (χ2n) is 4.16. The average molecular weight is 298 g/mol. The van der Waals surface area contributed by atoms with Gasteiger partial charge in [0.2, 0.25) is 5.43 Å².